The first-order valence-corrected chi connectivity index (χ1v) is 7.04. The van der Waals surface area contributed by atoms with Crippen molar-refractivity contribution in [1.82, 2.24) is 19.7 Å². The average molecular weight is 279 g/mol. The van der Waals surface area contributed by atoms with Crippen LogP contribution in [-0.4, -0.2) is 26.3 Å². The van der Waals surface area contributed by atoms with E-state index in [2.05, 4.69) is 15.2 Å². The maximum atomic E-state index is 11.6. The summed E-state index contributed by atoms with van der Waals surface area (Å²) in [5.41, 5.74) is 6.43. The van der Waals surface area contributed by atoms with Crippen LogP contribution in [0.5, 0.6) is 0 Å². The van der Waals surface area contributed by atoms with Gasteiger partial charge in [-0.15, -0.1) is 5.10 Å². The van der Waals surface area contributed by atoms with Crippen LogP contribution >= 0.6 is 11.8 Å². The lowest BCUT2D eigenvalue weighted by molar-refractivity contribution is 0.603. The first-order chi connectivity index (χ1) is 9.24. The molecule has 2 aromatic rings. The van der Waals surface area contributed by atoms with Crippen LogP contribution in [0, 0.1) is 0 Å². The number of hydrogen-bond donors (Lipinski definition) is 2. The van der Waals surface area contributed by atoms with Crippen molar-refractivity contribution in [2.24, 2.45) is 5.73 Å². The molecule has 0 radical (unpaired) electrons. The summed E-state index contributed by atoms with van der Waals surface area (Å²) < 4.78 is 1.63. The summed E-state index contributed by atoms with van der Waals surface area (Å²) in [4.78, 5) is 15.9. The molecule has 19 heavy (non-hydrogen) atoms. The Morgan fingerprint density at radius 2 is 2.32 bits per heavy atom. The Hall–Kier alpha value is -1.60. The highest BCUT2D eigenvalue weighted by atomic mass is 32.2. The van der Waals surface area contributed by atoms with Crippen molar-refractivity contribution in [2.75, 3.05) is 6.54 Å². The highest BCUT2D eigenvalue weighted by Crippen LogP contribution is 2.23. The highest BCUT2D eigenvalue weighted by Gasteiger charge is 2.09. The number of aromatic amines is 1. The molecule has 7 heteroatoms. The van der Waals surface area contributed by atoms with E-state index >= 15 is 0 Å². The molecule has 2 aromatic heterocycles. The Kier molecular flexibility index (Phi) is 4.75. The molecular weight excluding hydrogens is 262 g/mol. The molecule has 0 spiro atoms. The molecule has 102 valence electrons. The first-order valence-electron chi connectivity index (χ1n) is 6.22. The van der Waals surface area contributed by atoms with Crippen LogP contribution in [-0.2, 0) is 13.0 Å². The van der Waals surface area contributed by atoms with Gasteiger partial charge in [0.15, 0.2) is 5.16 Å². The number of aromatic nitrogens is 4. The van der Waals surface area contributed by atoms with Gasteiger partial charge in [0.2, 0.25) is 0 Å². The van der Waals surface area contributed by atoms with E-state index in [1.54, 1.807) is 4.57 Å². The van der Waals surface area contributed by atoms with Crippen molar-refractivity contribution in [1.29, 1.82) is 0 Å². The van der Waals surface area contributed by atoms with Crippen molar-refractivity contribution in [3.05, 3.63) is 34.4 Å². The Morgan fingerprint density at radius 3 is 2.95 bits per heavy atom. The fourth-order valence-corrected chi connectivity index (χ4v) is 2.49. The Morgan fingerprint density at radius 1 is 1.47 bits per heavy atom. The number of nitrogens with two attached hydrogens (primary N) is 1. The molecule has 0 aliphatic carbocycles. The zero-order chi connectivity index (χ0) is 13.7. The molecule has 6 nitrogen and oxygen atoms in total. The van der Waals surface area contributed by atoms with Crippen LogP contribution in [0.4, 0.5) is 0 Å². The molecule has 0 unspecified atom stereocenters. The van der Waals surface area contributed by atoms with E-state index in [0.717, 1.165) is 23.4 Å². The molecule has 0 amide bonds. The lowest BCUT2D eigenvalue weighted by Gasteiger charge is -2.03. The summed E-state index contributed by atoms with van der Waals surface area (Å²) in [7, 11) is 0. The predicted molar refractivity (Wildman–Crippen MR) is 74.3 cm³/mol. The zero-order valence-electron chi connectivity index (χ0n) is 10.8. The predicted octanol–water partition coefficient (Wildman–Crippen LogP) is 1.03. The van der Waals surface area contributed by atoms with Gasteiger partial charge in [0.05, 0.1) is 0 Å². The Bertz CT molecular complexity index is 575. The highest BCUT2D eigenvalue weighted by molar-refractivity contribution is 7.99. The van der Waals surface area contributed by atoms with Crippen LogP contribution in [0.1, 0.15) is 18.9 Å². The molecule has 0 aromatic carbocycles. The molecule has 0 atom stereocenters. The van der Waals surface area contributed by atoms with Crippen LogP contribution < -0.4 is 11.4 Å². The summed E-state index contributed by atoms with van der Waals surface area (Å²) in [6.07, 6.45) is 3.51. The number of rotatable bonds is 6. The van der Waals surface area contributed by atoms with Crippen molar-refractivity contribution >= 4 is 11.8 Å². The number of H-pyrrole nitrogens is 1. The number of pyridine rings is 1. The normalized spacial score (nSPS) is 10.8. The van der Waals surface area contributed by atoms with Crippen LogP contribution in [0.15, 0.2) is 33.3 Å². The Labute approximate surface area is 115 Å². The van der Waals surface area contributed by atoms with Gasteiger partial charge in [0.1, 0.15) is 5.03 Å². The molecule has 3 N–H and O–H groups in total. The molecule has 2 heterocycles. The van der Waals surface area contributed by atoms with E-state index < -0.39 is 0 Å². The Balaban J connectivity index is 2.14. The van der Waals surface area contributed by atoms with E-state index in [0.29, 0.717) is 18.2 Å². The third-order valence-electron chi connectivity index (χ3n) is 2.60. The summed E-state index contributed by atoms with van der Waals surface area (Å²) in [6, 6.07) is 3.92. The van der Waals surface area contributed by atoms with Gasteiger partial charge in [-0.25, -0.2) is 14.9 Å². The topological polar surface area (TPSA) is 89.6 Å². The molecule has 2 rings (SSSR count). The fourth-order valence-electron chi connectivity index (χ4n) is 1.68. The summed E-state index contributed by atoms with van der Waals surface area (Å²) >= 11 is 1.38. The van der Waals surface area contributed by atoms with Crippen molar-refractivity contribution in [2.45, 2.75) is 36.5 Å². The quantitative estimate of drug-likeness (QED) is 0.824. The molecule has 0 aliphatic rings. The lowest BCUT2D eigenvalue weighted by Crippen LogP contribution is -2.17. The van der Waals surface area contributed by atoms with Crippen LogP contribution in [0.25, 0.3) is 0 Å². The average Bonchev–Trinajstić information content (AvgIpc) is 2.75. The van der Waals surface area contributed by atoms with E-state index in [1.165, 1.54) is 11.8 Å². The molecule has 0 fully saturated rings. The molecule has 0 bridgehead atoms. The van der Waals surface area contributed by atoms with Gasteiger partial charge in [-0.2, -0.15) is 0 Å². The van der Waals surface area contributed by atoms with Crippen molar-refractivity contribution < 1.29 is 0 Å². The minimum atomic E-state index is -0.177. The smallest absolute Gasteiger partial charge is 0.330 e. The van der Waals surface area contributed by atoms with Gasteiger partial charge in [0.25, 0.3) is 0 Å². The van der Waals surface area contributed by atoms with E-state index in [9.17, 15) is 4.79 Å². The van der Waals surface area contributed by atoms with E-state index in [4.69, 9.17) is 5.73 Å². The SMILES string of the molecule is CCCn1c(Sc2ccc(CCN)cn2)n[nH]c1=O. The van der Waals surface area contributed by atoms with E-state index in [1.807, 2.05) is 25.3 Å². The molecule has 0 aliphatic heterocycles. The second-order valence-corrected chi connectivity index (χ2v) is 5.10. The molecule has 0 saturated carbocycles. The number of nitrogens with one attached hydrogen (secondary N) is 1. The van der Waals surface area contributed by atoms with Gasteiger partial charge in [-0.05, 0) is 42.8 Å². The molecule has 0 saturated heterocycles. The number of hydrogen-bond acceptors (Lipinski definition) is 5. The third-order valence-corrected chi connectivity index (χ3v) is 3.54. The van der Waals surface area contributed by atoms with Gasteiger partial charge in [0, 0.05) is 12.7 Å². The lowest BCUT2D eigenvalue weighted by atomic mass is 10.2. The summed E-state index contributed by atoms with van der Waals surface area (Å²) in [5, 5.41) is 7.94. The monoisotopic (exact) mass is 279 g/mol. The van der Waals surface area contributed by atoms with Crippen LogP contribution in [0.2, 0.25) is 0 Å². The second kappa shape index (κ2) is 6.53. The van der Waals surface area contributed by atoms with Gasteiger partial charge in [-0.3, -0.25) is 4.57 Å². The first kappa shape index (κ1) is 13.8. The maximum Gasteiger partial charge on any atom is 0.343 e. The zero-order valence-corrected chi connectivity index (χ0v) is 11.6. The van der Waals surface area contributed by atoms with Gasteiger partial charge < -0.3 is 5.73 Å². The fraction of sp³-hybridized carbons (Fsp3) is 0.417. The molecular formula is C12H17N5OS. The van der Waals surface area contributed by atoms with Crippen molar-refractivity contribution in [3.8, 4) is 0 Å². The largest absolute Gasteiger partial charge is 0.343 e. The summed E-state index contributed by atoms with van der Waals surface area (Å²) in [6.45, 7) is 3.29. The van der Waals surface area contributed by atoms with E-state index in [-0.39, 0.29) is 5.69 Å². The minimum absolute atomic E-state index is 0.177. The third kappa shape index (κ3) is 3.45. The standard InChI is InChI=1S/C12H17N5OS/c1-2-7-17-11(18)15-16-12(17)19-10-4-3-9(5-6-13)8-14-10/h3-4,8H,2,5-7,13H2,1H3,(H,15,18). The van der Waals surface area contributed by atoms with Crippen LogP contribution in [0.3, 0.4) is 0 Å². The maximum absolute atomic E-state index is 11.6. The number of nitrogens with zero attached hydrogens (tertiary/aromatic N) is 3. The summed E-state index contributed by atoms with van der Waals surface area (Å²) in [5.74, 6) is 0. The van der Waals surface area contributed by atoms with Gasteiger partial charge in [-0.1, -0.05) is 13.0 Å². The minimum Gasteiger partial charge on any atom is -0.330 e. The van der Waals surface area contributed by atoms with Gasteiger partial charge >= 0.3 is 5.69 Å². The van der Waals surface area contributed by atoms with Crippen molar-refractivity contribution in [3.63, 3.8) is 0 Å². The second-order valence-electron chi connectivity index (χ2n) is 4.11.